The highest BCUT2D eigenvalue weighted by atomic mass is 79.9. The third-order valence-corrected chi connectivity index (χ3v) is 3.52. The van der Waals surface area contributed by atoms with E-state index in [9.17, 15) is 4.79 Å². The van der Waals surface area contributed by atoms with Gasteiger partial charge in [0, 0.05) is 30.9 Å². The van der Waals surface area contributed by atoms with Gasteiger partial charge in [0.2, 0.25) is 0 Å². The molecule has 0 aromatic carbocycles. The van der Waals surface area contributed by atoms with Crippen molar-refractivity contribution >= 4 is 22.0 Å². The molecule has 5 nitrogen and oxygen atoms in total. The summed E-state index contributed by atoms with van der Waals surface area (Å²) in [7, 11) is 0. The maximum Gasteiger partial charge on any atom is 0.410 e. The summed E-state index contributed by atoms with van der Waals surface area (Å²) in [4.78, 5) is 22.3. The van der Waals surface area contributed by atoms with E-state index in [0.29, 0.717) is 11.3 Å². The maximum absolute atomic E-state index is 12.1. The van der Waals surface area contributed by atoms with Crippen molar-refractivity contribution < 1.29 is 9.53 Å². The molecule has 0 bridgehead atoms. The Morgan fingerprint density at radius 3 is 2.90 bits per heavy atom. The van der Waals surface area contributed by atoms with E-state index >= 15 is 0 Å². The molecule has 1 aliphatic rings. The van der Waals surface area contributed by atoms with E-state index < -0.39 is 5.60 Å². The SMILES string of the molecule is CC(C)(C)OC(=O)N1CCCC(c2ccnc(Br)n2)C1. The van der Waals surface area contributed by atoms with Gasteiger partial charge in [-0.3, -0.25) is 0 Å². The Balaban J connectivity index is 2.03. The molecule has 1 unspecified atom stereocenters. The summed E-state index contributed by atoms with van der Waals surface area (Å²) in [5, 5.41) is 0. The molecule has 0 N–H and O–H groups in total. The van der Waals surface area contributed by atoms with Gasteiger partial charge in [0.15, 0.2) is 4.73 Å². The van der Waals surface area contributed by atoms with Crippen LogP contribution >= 0.6 is 15.9 Å². The molecule has 1 saturated heterocycles. The lowest BCUT2D eigenvalue weighted by molar-refractivity contribution is 0.0197. The summed E-state index contributed by atoms with van der Waals surface area (Å²) < 4.78 is 6.02. The molecule has 20 heavy (non-hydrogen) atoms. The molecule has 0 aliphatic carbocycles. The Labute approximate surface area is 127 Å². The van der Waals surface area contributed by atoms with Gasteiger partial charge in [-0.15, -0.1) is 0 Å². The van der Waals surface area contributed by atoms with Crippen molar-refractivity contribution in [2.75, 3.05) is 13.1 Å². The van der Waals surface area contributed by atoms with E-state index in [1.165, 1.54) is 0 Å². The Hall–Kier alpha value is -1.17. The van der Waals surface area contributed by atoms with E-state index in [4.69, 9.17) is 4.74 Å². The number of halogens is 1. The minimum absolute atomic E-state index is 0.240. The van der Waals surface area contributed by atoms with Crippen molar-refractivity contribution in [3.63, 3.8) is 0 Å². The van der Waals surface area contributed by atoms with Gasteiger partial charge in [-0.25, -0.2) is 14.8 Å². The highest BCUT2D eigenvalue weighted by Crippen LogP contribution is 2.27. The molecule has 1 aromatic heterocycles. The molecule has 110 valence electrons. The average Bonchev–Trinajstić information content (AvgIpc) is 2.37. The number of likely N-dealkylation sites (tertiary alicyclic amines) is 1. The minimum Gasteiger partial charge on any atom is -0.444 e. The third kappa shape index (κ3) is 4.16. The van der Waals surface area contributed by atoms with Crippen LogP contribution in [0.3, 0.4) is 0 Å². The van der Waals surface area contributed by atoms with Crippen molar-refractivity contribution in [1.82, 2.24) is 14.9 Å². The van der Waals surface area contributed by atoms with Crippen molar-refractivity contribution in [2.45, 2.75) is 45.1 Å². The smallest absolute Gasteiger partial charge is 0.410 e. The molecule has 6 heteroatoms. The summed E-state index contributed by atoms with van der Waals surface area (Å²) in [6, 6.07) is 1.91. The Kier molecular flexibility index (Phi) is 4.62. The molecule has 0 radical (unpaired) electrons. The first kappa shape index (κ1) is 15.2. The summed E-state index contributed by atoms with van der Waals surface area (Å²) in [5.74, 6) is 0.246. The van der Waals surface area contributed by atoms with Crippen LogP contribution in [-0.2, 0) is 4.74 Å². The van der Waals surface area contributed by atoms with Gasteiger partial charge in [0.25, 0.3) is 0 Å². The second-order valence-corrected chi connectivity index (χ2v) is 6.73. The fourth-order valence-corrected chi connectivity index (χ4v) is 2.61. The number of nitrogens with zero attached hydrogens (tertiary/aromatic N) is 3. The van der Waals surface area contributed by atoms with Crippen molar-refractivity contribution in [2.24, 2.45) is 0 Å². The summed E-state index contributed by atoms with van der Waals surface area (Å²) in [6.45, 7) is 7.05. The van der Waals surface area contributed by atoms with E-state index in [0.717, 1.165) is 25.1 Å². The second-order valence-electron chi connectivity index (χ2n) is 6.02. The molecule has 1 aliphatic heterocycles. The highest BCUT2D eigenvalue weighted by molar-refractivity contribution is 9.10. The second kappa shape index (κ2) is 6.08. The number of rotatable bonds is 1. The standard InChI is InChI=1S/C14H20BrN3O2/c1-14(2,3)20-13(19)18-8-4-5-10(9-18)11-6-7-16-12(15)17-11/h6-7,10H,4-5,8-9H2,1-3H3. The molecule has 0 spiro atoms. The summed E-state index contributed by atoms with van der Waals surface area (Å²) >= 11 is 3.29. The van der Waals surface area contributed by atoms with Crippen LogP contribution in [-0.4, -0.2) is 39.7 Å². The quantitative estimate of drug-likeness (QED) is 0.735. The average molecular weight is 342 g/mol. The first-order valence-corrected chi connectivity index (χ1v) is 7.61. The molecular formula is C14H20BrN3O2. The molecule has 2 heterocycles. The monoisotopic (exact) mass is 341 g/mol. The van der Waals surface area contributed by atoms with Crippen LogP contribution in [0.1, 0.15) is 45.2 Å². The Morgan fingerprint density at radius 1 is 1.50 bits per heavy atom. The van der Waals surface area contributed by atoms with Gasteiger partial charge in [0.05, 0.1) is 0 Å². The van der Waals surface area contributed by atoms with E-state index in [-0.39, 0.29) is 12.0 Å². The zero-order valence-electron chi connectivity index (χ0n) is 12.1. The number of piperidine rings is 1. The molecule has 1 atom stereocenters. The van der Waals surface area contributed by atoms with Crippen molar-refractivity contribution in [3.05, 3.63) is 22.7 Å². The number of carbonyl (C=O) groups excluding carboxylic acids is 1. The van der Waals surface area contributed by atoms with Crippen LogP contribution in [0.25, 0.3) is 0 Å². The van der Waals surface area contributed by atoms with Gasteiger partial charge in [-0.1, -0.05) is 0 Å². The van der Waals surface area contributed by atoms with E-state index in [1.807, 2.05) is 26.8 Å². The number of carbonyl (C=O) groups is 1. The number of aromatic nitrogens is 2. The first-order valence-electron chi connectivity index (χ1n) is 6.81. The van der Waals surface area contributed by atoms with Crippen LogP contribution in [0.2, 0.25) is 0 Å². The fraction of sp³-hybridized carbons (Fsp3) is 0.643. The highest BCUT2D eigenvalue weighted by Gasteiger charge is 2.28. The largest absolute Gasteiger partial charge is 0.444 e. The van der Waals surface area contributed by atoms with Gasteiger partial charge in [-0.05, 0) is 55.6 Å². The molecule has 1 amide bonds. The Bertz CT molecular complexity index is 488. The van der Waals surface area contributed by atoms with Crippen molar-refractivity contribution in [1.29, 1.82) is 0 Å². The van der Waals surface area contributed by atoms with E-state index in [1.54, 1.807) is 11.1 Å². The van der Waals surface area contributed by atoms with Crippen LogP contribution < -0.4 is 0 Å². The number of hydrogen-bond acceptors (Lipinski definition) is 4. The molecule has 0 saturated carbocycles. The van der Waals surface area contributed by atoms with Crippen LogP contribution in [0.4, 0.5) is 4.79 Å². The summed E-state index contributed by atoms with van der Waals surface area (Å²) in [5.41, 5.74) is 0.516. The first-order chi connectivity index (χ1) is 9.35. The number of hydrogen-bond donors (Lipinski definition) is 0. The van der Waals surface area contributed by atoms with E-state index in [2.05, 4.69) is 25.9 Å². The molecule has 1 aromatic rings. The van der Waals surface area contributed by atoms with Gasteiger partial charge in [0.1, 0.15) is 5.60 Å². The lowest BCUT2D eigenvalue weighted by Crippen LogP contribution is -2.42. The zero-order valence-corrected chi connectivity index (χ0v) is 13.7. The maximum atomic E-state index is 12.1. The fourth-order valence-electron chi connectivity index (χ4n) is 2.29. The van der Waals surface area contributed by atoms with Crippen LogP contribution in [0, 0.1) is 0 Å². The van der Waals surface area contributed by atoms with Gasteiger partial charge < -0.3 is 9.64 Å². The lowest BCUT2D eigenvalue weighted by Gasteiger charge is -2.33. The predicted molar refractivity (Wildman–Crippen MR) is 79.5 cm³/mol. The van der Waals surface area contributed by atoms with Crippen LogP contribution in [0.15, 0.2) is 17.0 Å². The van der Waals surface area contributed by atoms with Crippen molar-refractivity contribution in [3.8, 4) is 0 Å². The number of amides is 1. The summed E-state index contributed by atoms with van der Waals surface area (Å²) in [6.07, 6.45) is 3.49. The normalized spacial score (nSPS) is 19.8. The molecule has 1 fully saturated rings. The van der Waals surface area contributed by atoms with Gasteiger partial charge in [-0.2, -0.15) is 0 Å². The lowest BCUT2D eigenvalue weighted by atomic mass is 9.95. The predicted octanol–water partition coefficient (Wildman–Crippen LogP) is 3.35. The molecule has 2 rings (SSSR count). The third-order valence-electron chi connectivity index (χ3n) is 3.14. The minimum atomic E-state index is -0.456. The van der Waals surface area contributed by atoms with Crippen LogP contribution in [0.5, 0.6) is 0 Å². The topological polar surface area (TPSA) is 55.3 Å². The Morgan fingerprint density at radius 2 is 2.25 bits per heavy atom. The molecular weight excluding hydrogens is 322 g/mol. The van der Waals surface area contributed by atoms with Gasteiger partial charge >= 0.3 is 6.09 Å². The number of ether oxygens (including phenoxy) is 1. The zero-order chi connectivity index (χ0) is 14.8.